The molecule has 21 heavy (non-hydrogen) atoms. The Kier molecular flexibility index (Phi) is 6.69. The molecular formula is C16H22ClNO3. The van der Waals surface area contributed by atoms with Gasteiger partial charge in [0.1, 0.15) is 6.54 Å². The molecule has 116 valence electrons. The number of amides is 1. The Labute approximate surface area is 131 Å². The first kappa shape index (κ1) is 17.5. The molecule has 0 heterocycles. The number of rotatable bonds is 6. The lowest BCUT2D eigenvalue weighted by molar-refractivity contribution is -0.148. The number of carbonyl (C=O) groups is 2. The number of halogens is 1. The summed E-state index contributed by atoms with van der Waals surface area (Å²) in [7, 11) is 1.32. The number of hydrogen-bond acceptors (Lipinski definition) is 3. The lowest BCUT2D eigenvalue weighted by Crippen LogP contribution is -2.41. The van der Waals surface area contributed by atoms with Crippen LogP contribution in [0.15, 0.2) is 18.2 Å². The summed E-state index contributed by atoms with van der Waals surface area (Å²) in [4.78, 5) is 25.1. The molecule has 0 N–H and O–H groups in total. The van der Waals surface area contributed by atoms with Gasteiger partial charge in [0.05, 0.1) is 7.11 Å². The molecule has 0 aliphatic heterocycles. The maximum absolute atomic E-state index is 12.2. The fourth-order valence-corrected chi connectivity index (χ4v) is 2.15. The topological polar surface area (TPSA) is 46.6 Å². The molecule has 1 amide bonds. The van der Waals surface area contributed by atoms with Crippen molar-refractivity contribution in [2.24, 2.45) is 0 Å². The van der Waals surface area contributed by atoms with Gasteiger partial charge in [-0.25, -0.2) is 0 Å². The molecule has 0 unspecified atom stereocenters. The number of benzene rings is 1. The van der Waals surface area contributed by atoms with E-state index >= 15 is 0 Å². The molecule has 0 atom stereocenters. The maximum atomic E-state index is 12.2. The van der Waals surface area contributed by atoms with Gasteiger partial charge in [0.25, 0.3) is 0 Å². The number of ether oxygens (including phenoxy) is 1. The van der Waals surface area contributed by atoms with Crippen molar-refractivity contribution in [3.05, 3.63) is 34.3 Å². The van der Waals surface area contributed by atoms with Crippen LogP contribution in [0.3, 0.4) is 0 Å². The van der Waals surface area contributed by atoms with Gasteiger partial charge in [0.15, 0.2) is 0 Å². The van der Waals surface area contributed by atoms with Crippen LogP contribution in [-0.2, 0) is 20.7 Å². The molecule has 0 aliphatic rings. The molecule has 0 aliphatic carbocycles. The first-order chi connectivity index (χ1) is 9.85. The summed E-state index contributed by atoms with van der Waals surface area (Å²) in [5.74, 6) is -0.470. The normalized spacial score (nSPS) is 10.6. The van der Waals surface area contributed by atoms with E-state index in [1.807, 2.05) is 39.0 Å². The zero-order chi connectivity index (χ0) is 16.0. The fourth-order valence-electron chi connectivity index (χ4n) is 1.95. The summed E-state index contributed by atoms with van der Waals surface area (Å²) in [6.07, 6.45) is 0.942. The van der Waals surface area contributed by atoms with Gasteiger partial charge in [0, 0.05) is 17.5 Å². The molecule has 1 aromatic rings. The lowest BCUT2D eigenvalue weighted by Gasteiger charge is -2.25. The van der Waals surface area contributed by atoms with Crippen molar-refractivity contribution in [1.29, 1.82) is 0 Å². The zero-order valence-electron chi connectivity index (χ0n) is 13.0. The highest BCUT2D eigenvalue weighted by atomic mass is 35.5. The monoisotopic (exact) mass is 311 g/mol. The average molecular weight is 312 g/mol. The Bertz CT molecular complexity index is 514. The van der Waals surface area contributed by atoms with Crippen LogP contribution in [0.5, 0.6) is 0 Å². The average Bonchev–Trinajstić information content (AvgIpc) is 2.45. The summed E-state index contributed by atoms with van der Waals surface area (Å²) < 4.78 is 4.62. The standard InChI is InChI=1S/C16H22ClNO3/c1-11(2)18(10-16(20)21-4)15(19)8-7-13-6-5-12(3)14(17)9-13/h5-6,9,11H,7-8,10H2,1-4H3. The van der Waals surface area contributed by atoms with E-state index in [1.54, 1.807) is 0 Å². The quantitative estimate of drug-likeness (QED) is 0.759. The Hall–Kier alpha value is -1.55. The van der Waals surface area contributed by atoms with Crippen LogP contribution < -0.4 is 0 Å². The number of hydrogen-bond donors (Lipinski definition) is 0. The summed E-state index contributed by atoms with van der Waals surface area (Å²) in [5, 5.41) is 0.704. The van der Waals surface area contributed by atoms with Gasteiger partial charge >= 0.3 is 5.97 Å². The van der Waals surface area contributed by atoms with Gasteiger partial charge in [-0.1, -0.05) is 23.7 Å². The van der Waals surface area contributed by atoms with Gasteiger partial charge in [-0.3, -0.25) is 9.59 Å². The Morgan fingerprint density at radius 2 is 2.00 bits per heavy atom. The number of methoxy groups -OCH3 is 1. The lowest BCUT2D eigenvalue weighted by atomic mass is 10.1. The molecule has 1 rings (SSSR count). The first-order valence-corrected chi connectivity index (χ1v) is 7.34. The molecular weight excluding hydrogens is 290 g/mol. The smallest absolute Gasteiger partial charge is 0.325 e. The van der Waals surface area contributed by atoms with E-state index in [4.69, 9.17) is 11.6 Å². The Morgan fingerprint density at radius 3 is 2.52 bits per heavy atom. The molecule has 4 nitrogen and oxygen atoms in total. The molecule has 0 saturated carbocycles. The van der Waals surface area contributed by atoms with Crippen LogP contribution in [-0.4, -0.2) is 36.5 Å². The molecule has 0 spiro atoms. The Morgan fingerprint density at radius 1 is 1.33 bits per heavy atom. The van der Waals surface area contributed by atoms with Gasteiger partial charge in [0.2, 0.25) is 5.91 Å². The van der Waals surface area contributed by atoms with Gasteiger partial charge in [-0.05, 0) is 44.4 Å². The highest BCUT2D eigenvalue weighted by molar-refractivity contribution is 6.31. The highest BCUT2D eigenvalue weighted by Crippen LogP contribution is 2.18. The maximum Gasteiger partial charge on any atom is 0.325 e. The second-order valence-corrected chi connectivity index (χ2v) is 5.68. The summed E-state index contributed by atoms with van der Waals surface area (Å²) in [5.41, 5.74) is 2.03. The fraction of sp³-hybridized carbons (Fsp3) is 0.500. The molecule has 0 aromatic heterocycles. The minimum Gasteiger partial charge on any atom is -0.468 e. The van der Waals surface area contributed by atoms with Crippen molar-refractivity contribution in [2.75, 3.05) is 13.7 Å². The molecule has 0 fully saturated rings. The largest absolute Gasteiger partial charge is 0.468 e. The van der Waals surface area contributed by atoms with Crippen molar-refractivity contribution in [3.63, 3.8) is 0 Å². The van der Waals surface area contributed by atoms with Crippen LogP contribution in [0.25, 0.3) is 0 Å². The molecule has 1 aromatic carbocycles. The van der Waals surface area contributed by atoms with E-state index in [2.05, 4.69) is 4.74 Å². The number of aryl methyl sites for hydroxylation is 2. The van der Waals surface area contributed by atoms with Gasteiger partial charge in [-0.2, -0.15) is 0 Å². The summed E-state index contributed by atoms with van der Waals surface area (Å²) in [6.45, 7) is 5.68. The third-order valence-corrected chi connectivity index (χ3v) is 3.74. The van der Waals surface area contributed by atoms with Crippen LogP contribution >= 0.6 is 11.6 Å². The Balaban J connectivity index is 2.64. The van der Waals surface area contributed by atoms with E-state index in [9.17, 15) is 9.59 Å². The minimum atomic E-state index is -0.407. The van der Waals surface area contributed by atoms with E-state index in [0.717, 1.165) is 11.1 Å². The summed E-state index contributed by atoms with van der Waals surface area (Å²) in [6, 6.07) is 5.74. The van der Waals surface area contributed by atoms with Crippen molar-refractivity contribution in [2.45, 2.75) is 39.7 Å². The SMILES string of the molecule is COC(=O)CN(C(=O)CCc1ccc(C)c(Cl)c1)C(C)C. The van der Waals surface area contributed by atoms with Crippen LogP contribution in [0.4, 0.5) is 0 Å². The van der Waals surface area contributed by atoms with E-state index in [-0.39, 0.29) is 18.5 Å². The number of nitrogens with zero attached hydrogens (tertiary/aromatic N) is 1. The molecule has 0 bridgehead atoms. The summed E-state index contributed by atoms with van der Waals surface area (Å²) >= 11 is 6.07. The minimum absolute atomic E-state index is 0.0122. The number of carbonyl (C=O) groups excluding carboxylic acids is 2. The number of esters is 1. The van der Waals surface area contributed by atoms with Gasteiger partial charge in [-0.15, -0.1) is 0 Å². The van der Waals surface area contributed by atoms with Crippen molar-refractivity contribution in [3.8, 4) is 0 Å². The van der Waals surface area contributed by atoms with E-state index < -0.39 is 5.97 Å². The molecule has 5 heteroatoms. The third-order valence-electron chi connectivity index (χ3n) is 3.33. The second-order valence-electron chi connectivity index (χ2n) is 5.28. The van der Waals surface area contributed by atoms with Crippen LogP contribution in [0, 0.1) is 6.92 Å². The first-order valence-electron chi connectivity index (χ1n) is 6.96. The van der Waals surface area contributed by atoms with Crippen molar-refractivity contribution >= 4 is 23.5 Å². The zero-order valence-corrected chi connectivity index (χ0v) is 13.7. The second kappa shape index (κ2) is 8.03. The van der Waals surface area contributed by atoms with Gasteiger partial charge < -0.3 is 9.64 Å². The van der Waals surface area contributed by atoms with Crippen LogP contribution in [0.1, 0.15) is 31.4 Å². The molecule has 0 radical (unpaired) electrons. The predicted molar refractivity (Wildman–Crippen MR) is 83.4 cm³/mol. The van der Waals surface area contributed by atoms with Crippen LogP contribution in [0.2, 0.25) is 5.02 Å². The van der Waals surface area contributed by atoms with E-state index in [1.165, 1.54) is 12.0 Å². The van der Waals surface area contributed by atoms with Crippen molar-refractivity contribution < 1.29 is 14.3 Å². The van der Waals surface area contributed by atoms with Crippen molar-refractivity contribution in [1.82, 2.24) is 4.90 Å². The highest BCUT2D eigenvalue weighted by Gasteiger charge is 2.20. The van der Waals surface area contributed by atoms with E-state index in [0.29, 0.717) is 17.9 Å². The predicted octanol–water partition coefficient (Wildman–Crippen LogP) is 2.99. The third kappa shape index (κ3) is 5.38. The molecule has 0 saturated heterocycles.